The van der Waals surface area contributed by atoms with Crippen LogP contribution in [-0.2, 0) is 25.8 Å². The number of hydrogen-bond donors (Lipinski definition) is 0. The van der Waals surface area contributed by atoms with Gasteiger partial charge in [0.05, 0.1) is 20.1 Å². The van der Waals surface area contributed by atoms with Gasteiger partial charge in [-0.1, -0.05) is 6.07 Å². The molecule has 1 fully saturated rings. The molecule has 0 aromatic heterocycles. The number of esters is 1. The van der Waals surface area contributed by atoms with Crippen LogP contribution in [0.25, 0.3) is 0 Å². The van der Waals surface area contributed by atoms with Gasteiger partial charge in [-0.25, -0.2) is 8.42 Å². The number of sulfone groups is 1. The van der Waals surface area contributed by atoms with Gasteiger partial charge in [-0.15, -0.1) is 0 Å². The summed E-state index contributed by atoms with van der Waals surface area (Å²) in [6, 6.07) is 5.00. The van der Waals surface area contributed by atoms with Crippen molar-refractivity contribution in [3.63, 3.8) is 0 Å². The average Bonchev–Trinajstić information content (AvgIpc) is 2.73. The normalized spacial score (nSPS) is 19.3. The van der Waals surface area contributed by atoms with Crippen LogP contribution in [0.1, 0.15) is 12.0 Å². The van der Waals surface area contributed by atoms with Gasteiger partial charge in [-0.05, 0) is 24.1 Å². The molecule has 1 heterocycles. The number of carbonyl (C=O) groups excluding carboxylic acids is 1. The van der Waals surface area contributed by atoms with E-state index < -0.39 is 9.84 Å². The van der Waals surface area contributed by atoms with E-state index in [-0.39, 0.29) is 16.8 Å². The maximum atomic E-state index is 11.6. The van der Waals surface area contributed by atoms with Crippen LogP contribution in [0.3, 0.4) is 0 Å². The highest BCUT2D eigenvalue weighted by Crippen LogP contribution is 2.27. The summed E-state index contributed by atoms with van der Waals surface area (Å²) >= 11 is 0. The van der Waals surface area contributed by atoms with E-state index in [2.05, 4.69) is 0 Å². The third kappa shape index (κ3) is 3.26. The third-order valence-corrected chi connectivity index (χ3v) is 4.22. The van der Waals surface area contributed by atoms with Gasteiger partial charge in [0, 0.05) is 12.2 Å². The zero-order valence-corrected chi connectivity index (χ0v) is 11.7. The van der Waals surface area contributed by atoms with E-state index in [0.717, 1.165) is 11.8 Å². The monoisotopic (exact) mass is 284 g/mol. The predicted octanol–water partition coefficient (Wildman–Crippen LogP) is 1.20. The number of carbonyl (C=O) groups is 1. The first kappa shape index (κ1) is 13.9. The summed E-state index contributed by atoms with van der Waals surface area (Å²) in [7, 11) is -1.86. The van der Waals surface area contributed by atoms with Crippen molar-refractivity contribution in [1.29, 1.82) is 0 Å². The van der Waals surface area contributed by atoms with Gasteiger partial charge in [0.15, 0.2) is 9.84 Å². The SMILES string of the molecule is COc1cc(C[C@@H]2COC(=O)C2)ccc1S(C)(=O)=O. The molecule has 0 spiro atoms. The number of cyclic esters (lactones) is 1. The van der Waals surface area contributed by atoms with Gasteiger partial charge >= 0.3 is 5.97 Å². The topological polar surface area (TPSA) is 69.7 Å². The Bertz CT molecular complexity index is 591. The molecule has 104 valence electrons. The van der Waals surface area contributed by atoms with Crippen molar-refractivity contribution in [2.75, 3.05) is 20.0 Å². The molecule has 0 unspecified atom stereocenters. The first-order valence-corrected chi connectivity index (χ1v) is 7.82. The van der Waals surface area contributed by atoms with E-state index in [1.165, 1.54) is 7.11 Å². The number of benzene rings is 1. The molecule has 19 heavy (non-hydrogen) atoms. The summed E-state index contributed by atoms with van der Waals surface area (Å²) in [5.41, 5.74) is 0.938. The van der Waals surface area contributed by atoms with Crippen LogP contribution in [0.4, 0.5) is 0 Å². The molecule has 0 aliphatic carbocycles. The Morgan fingerprint density at radius 3 is 2.68 bits per heavy atom. The number of rotatable bonds is 4. The maximum absolute atomic E-state index is 11.6. The van der Waals surface area contributed by atoms with Gasteiger partial charge < -0.3 is 9.47 Å². The van der Waals surface area contributed by atoms with Gasteiger partial charge in [0.1, 0.15) is 10.6 Å². The van der Waals surface area contributed by atoms with Gasteiger partial charge in [-0.2, -0.15) is 0 Å². The largest absolute Gasteiger partial charge is 0.495 e. The van der Waals surface area contributed by atoms with E-state index in [1.54, 1.807) is 18.2 Å². The van der Waals surface area contributed by atoms with E-state index in [0.29, 0.717) is 25.2 Å². The van der Waals surface area contributed by atoms with Crippen molar-refractivity contribution >= 4 is 15.8 Å². The minimum absolute atomic E-state index is 0.154. The quantitative estimate of drug-likeness (QED) is 0.777. The zero-order valence-electron chi connectivity index (χ0n) is 10.9. The van der Waals surface area contributed by atoms with Gasteiger partial charge in [0.2, 0.25) is 0 Å². The second-order valence-corrected chi connectivity index (χ2v) is 6.70. The fraction of sp³-hybridized carbons (Fsp3) is 0.462. The molecule has 1 aromatic carbocycles. The standard InChI is InChI=1S/C13H16O5S/c1-17-11-6-9(3-4-12(11)19(2,15)16)5-10-7-13(14)18-8-10/h3-4,6,10H,5,7-8H2,1-2H3/t10-/m0/s1. The average molecular weight is 284 g/mol. The minimum atomic E-state index is -3.30. The van der Waals surface area contributed by atoms with Crippen molar-refractivity contribution in [3.05, 3.63) is 23.8 Å². The highest BCUT2D eigenvalue weighted by atomic mass is 32.2. The Kier molecular flexibility index (Phi) is 3.80. The lowest BCUT2D eigenvalue weighted by Gasteiger charge is -2.11. The van der Waals surface area contributed by atoms with Crippen LogP contribution in [0.15, 0.2) is 23.1 Å². The minimum Gasteiger partial charge on any atom is -0.495 e. The smallest absolute Gasteiger partial charge is 0.306 e. The third-order valence-electron chi connectivity index (χ3n) is 3.09. The summed E-state index contributed by atoms with van der Waals surface area (Å²) in [6.07, 6.45) is 2.23. The summed E-state index contributed by atoms with van der Waals surface area (Å²) < 4.78 is 33.2. The molecule has 1 atom stereocenters. The van der Waals surface area contributed by atoms with Crippen molar-refractivity contribution in [2.45, 2.75) is 17.7 Å². The first-order valence-electron chi connectivity index (χ1n) is 5.92. The van der Waals surface area contributed by atoms with Crippen LogP contribution in [0.5, 0.6) is 5.75 Å². The highest BCUT2D eigenvalue weighted by molar-refractivity contribution is 7.90. The van der Waals surface area contributed by atoms with Crippen molar-refractivity contribution < 1.29 is 22.7 Å². The lowest BCUT2D eigenvalue weighted by molar-refractivity contribution is -0.137. The summed E-state index contributed by atoms with van der Waals surface area (Å²) in [5.74, 6) is 0.316. The second kappa shape index (κ2) is 5.21. The Morgan fingerprint density at radius 2 is 2.16 bits per heavy atom. The number of ether oxygens (including phenoxy) is 2. The summed E-state index contributed by atoms with van der Waals surface area (Å²) in [5, 5.41) is 0. The van der Waals surface area contributed by atoms with Gasteiger partial charge in [0.25, 0.3) is 0 Å². The lowest BCUT2D eigenvalue weighted by Crippen LogP contribution is -2.06. The molecule has 0 amide bonds. The van der Waals surface area contributed by atoms with E-state index in [9.17, 15) is 13.2 Å². The van der Waals surface area contributed by atoms with Crippen LogP contribution < -0.4 is 4.74 Å². The van der Waals surface area contributed by atoms with Crippen LogP contribution in [-0.4, -0.2) is 34.4 Å². The Hall–Kier alpha value is -1.56. The molecule has 6 heteroatoms. The Labute approximate surface area is 112 Å². The molecule has 0 radical (unpaired) electrons. The Morgan fingerprint density at radius 1 is 1.42 bits per heavy atom. The van der Waals surface area contributed by atoms with Crippen molar-refractivity contribution in [3.8, 4) is 5.75 Å². The molecule has 1 saturated heterocycles. The molecule has 0 N–H and O–H groups in total. The molecule has 0 saturated carbocycles. The summed E-state index contributed by atoms with van der Waals surface area (Å²) in [6.45, 7) is 0.426. The van der Waals surface area contributed by atoms with Gasteiger partial charge in [-0.3, -0.25) is 4.79 Å². The molecule has 1 aliphatic rings. The van der Waals surface area contributed by atoms with Crippen LogP contribution in [0.2, 0.25) is 0 Å². The molecule has 1 aliphatic heterocycles. The molecule has 2 rings (SSSR count). The molecular weight excluding hydrogens is 268 g/mol. The molecule has 0 bridgehead atoms. The van der Waals surface area contributed by atoms with Crippen LogP contribution >= 0.6 is 0 Å². The molecular formula is C13H16O5S. The number of hydrogen-bond acceptors (Lipinski definition) is 5. The lowest BCUT2D eigenvalue weighted by atomic mass is 9.98. The number of methoxy groups -OCH3 is 1. The van der Waals surface area contributed by atoms with Crippen LogP contribution in [0, 0.1) is 5.92 Å². The fourth-order valence-corrected chi connectivity index (χ4v) is 3.00. The molecule has 1 aromatic rings. The fourth-order valence-electron chi connectivity index (χ4n) is 2.17. The summed E-state index contributed by atoms with van der Waals surface area (Å²) in [4.78, 5) is 11.2. The van der Waals surface area contributed by atoms with E-state index in [1.807, 2.05) is 0 Å². The van der Waals surface area contributed by atoms with E-state index in [4.69, 9.17) is 9.47 Å². The zero-order chi connectivity index (χ0) is 14.0. The predicted molar refractivity (Wildman–Crippen MR) is 68.9 cm³/mol. The highest BCUT2D eigenvalue weighted by Gasteiger charge is 2.24. The molecule has 5 nitrogen and oxygen atoms in total. The van der Waals surface area contributed by atoms with E-state index >= 15 is 0 Å². The maximum Gasteiger partial charge on any atom is 0.306 e. The Balaban J connectivity index is 2.22. The van der Waals surface area contributed by atoms with Crippen molar-refractivity contribution in [2.24, 2.45) is 5.92 Å². The van der Waals surface area contributed by atoms with Crippen molar-refractivity contribution in [1.82, 2.24) is 0 Å². The first-order chi connectivity index (χ1) is 8.90. The second-order valence-electron chi connectivity index (χ2n) is 4.71.